The topological polar surface area (TPSA) is 125 Å². The number of hydrogen-bond acceptors (Lipinski definition) is 5. The van der Waals surface area contributed by atoms with Crippen molar-refractivity contribution in [1.29, 1.82) is 0 Å². The Hall–Kier alpha value is -2.56. The van der Waals surface area contributed by atoms with Gasteiger partial charge >= 0.3 is 6.09 Å². The van der Waals surface area contributed by atoms with Gasteiger partial charge in [-0.1, -0.05) is 23.2 Å². The van der Waals surface area contributed by atoms with Crippen LogP contribution in [0.2, 0.25) is 10.0 Å². The first-order valence-electron chi connectivity index (χ1n) is 8.97. The van der Waals surface area contributed by atoms with E-state index in [1.807, 2.05) is 0 Å². The van der Waals surface area contributed by atoms with Crippen LogP contribution in [-0.2, 0) is 9.84 Å². The summed E-state index contributed by atoms with van der Waals surface area (Å²) in [5, 5.41) is 13.6. The summed E-state index contributed by atoms with van der Waals surface area (Å²) in [6, 6.07) is 5.41. The molecule has 1 amide bonds. The van der Waals surface area contributed by atoms with Crippen LogP contribution in [0.15, 0.2) is 45.0 Å². The van der Waals surface area contributed by atoms with E-state index in [2.05, 4.69) is 10.1 Å². The van der Waals surface area contributed by atoms with Gasteiger partial charge in [-0.2, -0.15) is 5.10 Å². The molecule has 30 heavy (non-hydrogen) atoms. The SMILES string of the molecule is O=C(O)N1CCC(c2cc(=O)[nH]c3c(S(=O)(=O)c4ccc(Cl)cc4Cl)cnn23)CC1. The lowest BCUT2D eigenvalue weighted by Crippen LogP contribution is -2.37. The zero-order chi connectivity index (χ0) is 21.6. The average molecular weight is 471 g/mol. The first kappa shape index (κ1) is 20.7. The summed E-state index contributed by atoms with van der Waals surface area (Å²) in [5.41, 5.74) is 0.0870. The molecule has 9 nitrogen and oxygen atoms in total. The quantitative estimate of drug-likeness (QED) is 0.605. The number of likely N-dealkylation sites (tertiary alicyclic amines) is 1. The van der Waals surface area contributed by atoms with Crippen LogP contribution in [-0.4, -0.2) is 52.2 Å². The second kappa shape index (κ2) is 7.60. The maximum Gasteiger partial charge on any atom is 0.407 e. The Balaban J connectivity index is 1.80. The number of amides is 1. The minimum atomic E-state index is -4.08. The van der Waals surface area contributed by atoms with Gasteiger partial charge in [-0.3, -0.25) is 4.79 Å². The molecule has 3 heterocycles. The minimum Gasteiger partial charge on any atom is -0.465 e. The monoisotopic (exact) mass is 470 g/mol. The number of aromatic amines is 1. The number of piperidine rings is 1. The summed E-state index contributed by atoms with van der Waals surface area (Å²) in [7, 11) is -4.08. The number of sulfone groups is 1. The third-order valence-electron chi connectivity index (χ3n) is 5.16. The Morgan fingerprint density at radius 3 is 2.50 bits per heavy atom. The van der Waals surface area contributed by atoms with Crippen molar-refractivity contribution >= 4 is 44.8 Å². The summed E-state index contributed by atoms with van der Waals surface area (Å²) >= 11 is 12.0. The number of nitrogens with zero attached hydrogens (tertiary/aromatic N) is 3. The maximum atomic E-state index is 13.2. The molecule has 1 aromatic carbocycles. The Labute approximate surface area is 180 Å². The molecule has 1 saturated heterocycles. The van der Waals surface area contributed by atoms with E-state index in [9.17, 15) is 18.0 Å². The number of aromatic nitrogens is 3. The molecule has 1 aliphatic rings. The highest BCUT2D eigenvalue weighted by Gasteiger charge is 2.29. The molecule has 1 aliphatic heterocycles. The number of nitrogens with one attached hydrogen (secondary N) is 1. The highest BCUT2D eigenvalue weighted by atomic mass is 35.5. The van der Waals surface area contributed by atoms with Gasteiger partial charge in [0.15, 0.2) is 5.65 Å². The zero-order valence-electron chi connectivity index (χ0n) is 15.4. The van der Waals surface area contributed by atoms with E-state index >= 15 is 0 Å². The predicted molar refractivity (Wildman–Crippen MR) is 109 cm³/mol. The Kier molecular flexibility index (Phi) is 5.25. The molecule has 2 N–H and O–H groups in total. The summed E-state index contributed by atoms with van der Waals surface area (Å²) in [5.74, 6) is -0.139. The van der Waals surface area contributed by atoms with E-state index in [1.165, 1.54) is 39.9 Å². The third kappa shape index (κ3) is 3.55. The van der Waals surface area contributed by atoms with Crippen LogP contribution in [0.4, 0.5) is 4.79 Å². The third-order valence-corrected chi connectivity index (χ3v) is 7.63. The van der Waals surface area contributed by atoms with E-state index < -0.39 is 21.5 Å². The van der Waals surface area contributed by atoms with Crippen LogP contribution < -0.4 is 5.56 Å². The molecule has 0 aliphatic carbocycles. The number of halogens is 2. The largest absolute Gasteiger partial charge is 0.465 e. The van der Waals surface area contributed by atoms with Crippen molar-refractivity contribution in [3.05, 3.63) is 56.6 Å². The number of carboxylic acid groups (broad SMARTS) is 1. The van der Waals surface area contributed by atoms with Crippen molar-refractivity contribution in [1.82, 2.24) is 19.5 Å². The summed E-state index contributed by atoms with van der Waals surface area (Å²) < 4.78 is 27.8. The first-order chi connectivity index (χ1) is 14.2. The number of rotatable bonds is 3. The highest BCUT2D eigenvalue weighted by Crippen LogP contribution is 2.33. The van der Waals surface area contributed by atoms with Crippen LogP contribution in [0.1, 0.15) is 24.5 Å². The molecule has 0 atom stereocenters. The van der Waals surface area contributed by atoms with E-state index in [0.717, 1.165) is 0 Å². The van der Waals surface area contributed by atoms with Crippen molar-refractivity contribution in [3.63, 3.8) is 0 Å². The van der Waals surface area contributed by atoms with Gasteiger partial charge in [0, 0.05) is 30.1 Å². The summed E-state index contributed by atoms with van der Waals surface area (Å²) in [4.78, 5) is 27.0. The number of fused-ring (bicyclic) bond motifs is 1. The fourth-order valence-corrected chi connectivity index (χ4v) is 5.75. The van der Waals surface area contributed by atoms with Crippen LogP contribution in [0, 0.1) is 0 Å². The summed E-state index contributed by atoms with van der Waals surface area (Å²) in [6.07, 6.45) is 1.17. The normalized spacial score (nSPS) is 15.6. The molecule has 0 unspecified atom stereocenters. The minimum absolute atomic E-state index is 0.0316. The van der Waals surface area contributed by atoms with Gasteiger partial charge in [0.05, 0.1) is 21.8 Å². The van der Waals surface area contributed by atoms with Crippen molar-refractivity contribution in [3.8, 4) is 0 Å². The Morgan fingerprint density at radius 1 is 1.17 bits per heavy atom. The lowest BCUT2D eigenvalue weighted by atomic mass is 9.93. The first-order valence-corrected chi connectivity index (χ1v) is 11.2. The standard InChI is InChI=1S/C18H16Cl2N4O5S/c19-11-1-2-14(12(20)7-11)30(28,29)15-9-21-24-13(8-16(25)22-17(15)24)10-3-5-23(6-4-10)18(26)27/h1-2,7-10H,3-6H2,(H,22,25)(H,26,27). The molecule has 1 fully saturated rings. The second-order valence-electron chi connectivity index (χ2n) is 6.95. The highest BCUT2D eigenvalue weighted by molar-refractivity contribution is 7.91. The van der Waals surface area contributed by atoms with E-state index in [-0.39, 0.29) is 26.4 Å². The molecule has 0 radical (unpaired) electrons. The number of carbonyl (C=O) groups is 1. The molecule has 3 aromatic rings. The molecule has 0 spiro atoms. The second-order valence-corrected chi connectivity index (χ2v) is 9.68. The van der Waals surface area contributed by atoms with Gasteiger partial charge in [-0.25, -0.2) is 17.7 Å². The zero-order valence-corrected chi connectivity index (χ0v) is 17.7. The predicted octanol–water partition coefficient (Wildman–Crippen LogP) is 3.02. The molecule has 0 bridgehead atoms. The lowest BCUT2D eigenvalue weighted by molar-refractivity contribution is 0.131. The van der Waals surface area contributed by atoms with Crippen molar-refractivity contribution in [2.45, 2.75) is 28.6 Å². The van der Waals surface area contributed by atoms with Crippen LogP contribution in [0.25, 0.3) is 5.65 Å². The van der Waals surface area contributed by atoms with Crippen molar-refractivity contribution in [2.24, 2.45) is 0 Å². The van der Waals surface area contributed by atoms with Crippen molar-refractivity contribution < 1.29 is 18.3 Å². The van der Waals surface area contributed by atoms with Gasteiger partial charge in [0.2, 0.25) is 9.84 Å². The van der Waals surface area contributed by atoms with Gasteiger partial charge < -0.3 is 15.0 Å². The van der Waals surface area contributed by atoms with Gasteiger partial charge in [0.1, 0.15) is 4.90 Å². The number of H-pyrrole nitrogens is 1. The van der Waals surface area contributed by atoms with Gasteiger partial charge in [0.25, 0.3) is 5.56 Å². The van der Waals surface area contributed by atoms with E-state index in [1.54, 1.807) is 0 Å². The molecule has 2 aromatic heterocycles. The molecule has 158 valence electrons. The van der Waals surface area contributed by atoms with E-state index in [0.29, 0.717) is 36.6 Å². The number of hydrogen-bond donors (Lipinski definition) is 2. The van der Waals surface area contributed by atoms with Gasteiger partial charge in [-0.15, -0.1) is 0 Å². The van der Waals surface area contributed by atoms with Crippen LogP contribution in [0.3, 0.4) is 0 Å². The maximum absolute atomic E-state index is 13.2. The van der Waals surface area contributed by atoms with Crippen molar-refractivity contribution in [2.75, 3.05) is 13.1 Å². The molecule has 0 saturated carbocycles. The Bertz CT molecular complexity index is 1310. The molecule has 12 heteroatoms. The lowest BCUT2D eigenvalue weighted by Gasteiger charge is -2.30. The fraction of sp³-hybridized carbons (Fsp3) is 0.278. The van der Waals surface area contributed by atoms with E-state index in [4.69, 9.17) is 28.3 Å². The molecular formula is C18H16Cl2N4O5S. The fourth-order valence-electron chi connectivity index (χ4n) is 3.66. The molecular weight excluding hydrogens is 455 g/mol. The van der Waals surface area contributed by atoms with Gasteiger partial charge in [-0.05, 0) is 31.0 Å². The number of benzene rings is 1. The summed E-state index contributed by atoms with van der Waals surface area (Å²) in [6.45, 7) is 0.641. The smallest absolute Gasteiger partial charge is 0.407 e. The van der Waals surface area contributed by atoms with Crippen LogP contribution >= 0.6 is 23.2 Å². The Morgan fingerprint density at radius 2 is 1.87 bits per heavy atom. The molecule has 4 rings (SSSR count). The van der Waals surface area contributed by atoms with Crippen LogP contribution in [0.5, 0.6) is 0 Å². The average Bonchev–Trinajstić information content (AvgIpc) is 3.11.